The standard InChI is InChI=1S/C28H36N2O3/c1-3-5-6-7-8-9-10-21-11-16-26-25(18-21)24(22-12-14-23(31)15-13-22)19-27(29-26)30(17-4-2)20-28(32)33/h11-16,18-19,31H,3-10,17,20H2,1-2H3,(H,32,33). The third-order valence-corrected chi connectivity index (χ3v) is 6.00. The number of carbonyl (C=O) groups is 1. The van der Waals surface area contributed by atoms with Gasteiger partial charge >= 0.3 is 5.97 Å². The van der Waals surface area contributed by atoms with Crippen molar-refractivity contribution in [2.24, 2.45) is 0 Å². The van der Waals surface area contributed by atoms with Crippen LogP contribution in [0.3, 0.4) is 0 Å². The van der Waals surface area contributed by atoms with Gasteiger partial charge in [-0.2, -0.15) is 0 Å². The number of carboxylic acids is 1. The first kappa shape index (κ1) is 24.6. The second-order valence-corrected chi connectivity index (χ2v) is 8.76. The van der Waals surface area contributed by atoms with Crippen LogP contribution < -0.4 is 4.90 Å². The number of benzene rings is 2. The predicted octanol–water partition coefficient (Wildman–Crippen LogP) is 6.81. The largest absolute Gasteiger partial charge is 0.508 e. The third kappa shape index (κ3) is 6.95. The number of aromatic nitrogens is 1. The lowest BCUT2D eigenvalue weighted by Crippen LogP contribution is -2.31. The minimum Gasteiger partial charge on any atom is -0.508 e. The van der Waals surface area contributed by atoms with Crippen LogP contribution in [0, 0.1) is 0 Å². The van der Waals surface area contributed by atoms with Gasteiger partial charge in [-0.25, -0.2) is 4.98 Å². The lowest BCUT2D eigenvalue weighted by atomic mass is 9.97. The molecule has 0 unspecified atom stereocenters. The molecule has 5 heteroatoms. The average molecular weight is 449 g/mol. The van der Waals surface area contributed by atoms with E-state index in [0.717, 1.165) is 34.9 Å². The van der Waals surface area contributed by atoms with Crippen LogP contribution >= 0.6 is 0 Å². The lowest BCUT2D eigenvalue weighted by Gasteiger charge is -2.23. The van der Waals surface area contributed by atoms with Gasteiger partial charge in [0.25, 0.3) is 0 Å². The van der Waals surface area contributed by atoms with Gasteiger partial charge in [0.1, 0.15) is 18.1 Å². The van der Waals surface area contributed by atoms with E-state index in [9.17, 15) is 15.0 Å². The molecule has 1 heterocycles. The van der Waals surface area contributed by atoms with Crippen LogP contribution in [-0.4, -0.2) is 34.3 Å². The molecule has 0 aliphatic carbocycles. The highest BCUT2D eigenvalue weighted by molar-refractivity contribution is 5.97. The number of phenols is 1. The van der Waals surface area contributed by atoms with Crippen molar-refractivity contribution in [2.45, 2.75) is 65.2 Å². The number of aryl methyl sites for hydroxylation is 1. The Hall–Kier alpha value is -3.08. The molecule has 0 radical (unpaired) electrons. The zero-order valence-corrected chi connectivity index (χ0v) is 19.9. The summed E-state index contributed by atoms with van der Waals surface area (Å²) in [6.07, 6.45) is 9.50. The van der Waals surface area contributed by atoms with Gasteiger partial charge in [0.2, 0.25) is 0 Å². The molecule has 3 aromatic rings. The maximum Gasteiger partial charge on any atom is 0.323 e. The Bertz CT molecular complexity index is 1050. The zero-order chi connectivity index (χ0) is 23.6. The normalized spacial score (nSPS) is 11.1. The number of carboxylic acid groups (broad SMARTS) is 1. The summed E-state index contributed by atoms with van der Waals surface area (Å²) in [5.74, 6) is 0.0175. The minimum atomic E-state index is -0.870. The van der Waals surface area contributed by atoms with E-state index in [4.69, 9.17) is 4.98 Å². The molecule has 0 saturated carbocycles. The maximum absolute atomic E-state index is 11.4. The summed E-state index contributed by atoms with van der Waals surface area (Å²) in [4.78, 5) is 18.1. The number of phenolic OH excluding ortho intramolecular Hbond substituents is 1. The molecule has 2 N–H and O–H groups in total. The second kappa shape index (κ2) is 12.2. The van der Waals surface area contributed by atoms with Gasteiger partial charge in [-0.15, -0.1) is 0 Å². The zero-order valence-electron chi connectivity index (χ0n) is 19.9. The first-order valence-corrected chi connectivity index (χ1v) is 12.2. The number of rotatable bonds is 13. The summed E-state index contributed by atoms with van der Waals surface area (Å²) in [6, 6.07) is 15.6. The van der Waals surface area contributed by atoms with Crippen molar-refractivity contribution in [3.8, 4) is 16.9 Å². The van der Waals surface area contributed by atoms with Crippen LogP contribution in [0.2, 0.25) is 0 Å². The fourth-order valence-corrected chi connectivity index (χ4v) is 4.27. The number of anilines is 1. The SMILES string of the molecule is CCCCCCCCc1ccc2nc(N(CCC)CC(=O)O)cc(-c3ccc(O)cc3)c2c1. The Morgan fingerprint density at radius 3 is 2.33 bits per heavy atom. The number of pyridine rings is 1. The van der Waals surface area contributed by atoms with Gasteiger partial charge in [0.15, 0.2) is 0 Å². The fourth-order valence-electron chi connectivity index (χ4n) is 4.27. The molecule has 176 valence electrons. The van der Waals surface area contributed by atoms with Crippen molar-refractivity contribution in [1.82, 2.24) is 4.98 Å². The molecule has 5 nitrogen and oxygen atoms in total. The van der Waals surface area contributed by atoms with Crippen molar-refractivity contribution >= 4 is 22.7 Å². The molecule has 0 spiro atoms. The van der Waals surface area contributed by atoms with E-state index >= 15 is 0 Å². The highest BCUT2D eigenvalue weighted by Gasteiger charge is 2.16. The molecule has 0 atom stereocenters. The highest BCUT2D eigenvalue weighted by atomic mass is 16.4. The lowest BCUT2D eigenvalue weighted by molar-refractivity contribution is -0.135. The number of hydrogen-bond acceptors (Lipinski definition) is 4. The van der Waals surface area contributed by atoms with E-state index in [1.165, 1.54) is 44.1 Å². The van der Waals surface area contributed by atoms with Gasteiger partial charge in [0.05, 0.1) is 5.52 Å². The molecule has 0 bridgehead atoms. The quantitative estimate of drug-likeness (QED) is 0.281. The smallest absolute Gasteiger partial charge is 0.323 e. The van der Waals surface area contributed by atoms with Crippen molar-refractivity contribution in [2.75, 3.05) is 18.0 Å². The summed E-state index contributed by atoms with van der Waals surface area (Å²) in [7, 11) is 0. The van der Waals surface area contributed by atoms with Gasteiger partial charge in [-0.1, -0.05) is 64.2 Å². The van der Waals surface area contributed by atoms with Crippen molar-refractivity contribution in [1.29, 1.82) is 0 Å². The van der Waals surface area contributed by atoms with E-state index < -0.39 is 5.97 Å². The Morgan fingerprint density at radius 2 is 1.64 bits per heavy atom. The summed E-state index contributed by atoms with van der Waals surface area (Å²) >= 11 is 0. The van der Waals surface area contributed by atoms with Crippen LogP contribution in [0.4, 0.5) is 5.82 Å². The molecule has 0 aliphatic rings. The minimum absolute atomic E-state index is 0.0858. The molecule has 0 amide bonds. The van der Waals surface area contributed by atoms with Crippen molar-refractivity contribution in [3.63, 3.8) is 0 Å². The molecule has 3 rings (SSSR count). The molecular weight excluding hydrogens is 412 g/mol. The van der Waals surface area contributed by atoms with E-state index in [1.807, 2.05) is 30.0 Å². The molecule has 33 heavy (non-hydrogen) atoms. The predicted molar refractivity (Wildman–Crippen MR) is 136 cm³/mol. The topological polar surface area (TPSA) is 73.7 Å². The monoisotopic (exact) mass is 448 g/mol. The van der Waals surface area contributed by atoms with Crippen LogP contribution in [-0.2, 0) is 11.2 Å². The number of aliphatic carboxylic acids is 1. The molecule has 0 aliphatic heterocycles. The Labute approximate surface area is 197 Å². The van der Waals surface area contributed by atoms with E-state index in [-0.39, 0.29) is 12.3 Å². The van der Waals surface area contributed by atoms with E-state index in [0.29, 0.717) is 12.4 Å². The van der Waals surface area contributed by atoms with Crippen LogP contribution in [0.25, 0.3) is 22.0 Å². The van der Waals surface area contributed by atoms with Crippen LogP contribution in [0.5, 0.6) is 5.75 Å². The molecule has 1 aromatic heterocycles. The third-order valence-electron chi connectivity index (χ3n) is 6.00. The number of unbranched alkanes of at least 4 members (excludes halogenated alkanes) is 5. The van der Waals surface area contributed by atoms with Gasteiger partial charge in [0, 0.05) is 11.9 Å². The van der Waals surface area contributed by atoms with E-state index in [1.54, 1.807) is 12.1 Å². The van der Waals surface area contributed by atoms with Crippen LogP contribution in [0.1, 0.15) is 64.4 Å². The fraction of sp³-hybridized carbons (Fsp3) is 0.429. The van der Waals surface area contributed by atoms with Crippen molar-refractivity contribution in [3.05, 3.63) is 54.1 Å². The summed E-state index contributed by atoms with van der Waals surface area (Å²) in [5, 5.41) is 20.2. The first-order chi connectivity index (χ1) is 16.0. The summed E-state index contributed by atoms with van der Waals surface area (Å²) in [6.45, 7) is 4.81. The Morgan fingerprint density at radius 1 is 0.909 bits per heavy atom. The summed E-state index contributed by atoms with van der Waals surface area (Å²) in [5.41, 5.74) is 4.13. The highest BCUT2D eigenvalue weighted by Crippen LogP contribution is 2.33. The Kier molecular flexibility index (Phi) is 9.11. The summed E-state index contributed by atoms with van der Waals surface area (Å²) < 4.78 is 0. The average Bonchev–Trinajstić information content (AvgIpc) is 2.80. The number of hydrogen-bond donors (Lipinski definition) is 2. The van der Waals surface area contributed by atoms with E-state index in [2.05, 4.69) is 25.1 Å². The Balaban J connectivity index is 1.96. The van der Waals surface area contributed by atoms with Gasteiger partial charge in [-0.05, 0) is 66.3 Å². The first-order valence-electron chi connectivity index (χ1n) is 12.2. The number of nitrogens with zero attached hydrogens (tertiary/aromatic N) is 2. The van der Waals surface area contributed by atoms with Gasteiger partial charge < -0.3 is 15.1 Å². The van der Waals surface area contributed by atoms with Crippen LogP contribution in [0.15, 0.2) is 48.5 Å². The molecular formula is C28H36N2O3. The van der Waals surface area contributed by atoms with Crippen molar-refractivity contribution < 1.29 is 15.0 Å². The molecule has 0 fully saturated rings. The van der Waals surface area contributed by atoms with Gasteiger partial charge in [-0.3, -0.25) is 4.79 Å². The molecule has 2 aromatic carbocycles. The number of aromatic hydroxyl groups is 1. The maximum atomic E-state index is 11.4. The molecule has 0 saturated heterocycles. The second-order valence-electron chi connectivity index (χ2n) is 8.76. The number of fused-ring (bicyclic) bond motifs is 1.